The van der Waals surface area contributed by atoms with E-state index in [2.05, 4.69) is 28.3 Å². The van der Waals surface area contributed by atoms with Crippen molar-refractivity contribution in [2.24, 2.45) is 5.92 Å². The average Bonchev–Trinajstić information content (AvgIpc) is 3.58. The molecule has 0 spiro atoms. The summed E-state index contributed by atoms with van der Waals surface area (Å²) in [5.41, 5.74) is -0.424. The van der Waals surface area contributed by atoms with Crippen molar-refractivity contribution in [1.29, 1.82) is 0 Å². The van der Waals surface area contributed by atoms with Gasteiger partial charge in [0.05, 0.1) is 19.4 Å². The van der Waals surface area contributed by atoms with Crippen LogP contribution >= 0.6 is 0 Å². The molecule has 0 radical (unpaired) electrons. The van der Waals surface area contributed by atoms with Gasteiger partial charge in [0.25, 0.3) is 5.91 Å². The van der Waals surface area contributed by atoms with Crippen LogP contribution in [0.25, 0.3) is 10.8 Å². The molecular formula is C33H43N5O8S. The van der Waals surface area contributed by atoms with Gasteiger partial charge in [-0.05, 0) is 61.6 Å². The number of aromatic nitrogens is 1. The number of sulfonamides is 1. The molecule has 3 aliphatic rings. The minimum Gasteiger partial charge on any atom is -0.472 e. The van der Waals surface area contributed by atoms with Crippen molar-refractivity contribution < 1.29 is 37.1 Å². The van der Waals surface area contributed by atoms with E-state index in [0.29, 0.717) is 25.1 Å². The normalized spacial score (nSPS) is 26.7. The van der Waals surface area contributed by atoms with Crippen molar-refractivity contribution in [2.45, 2.75) is 88.4 Å². The zero-order chi connectivity index (χ0) is 33.8. The van der Waals surface area contributed by atoms with Crippen molar-refractivity contribution in [3.8, 4) is 5.88 Å². The second-order valence-corrected chi connectivity index (χ2v) is 14.4. The van der Waals surface area contributed by atoms with Crippen LogP contribution in [0.1, 0.15) is 63.9 Å². The highest BCUT2D eigenvalue weighted by molar-refractivity contribution is 7.89. The number of nitrogens with zero attached hydrogens (tertiary/aromatic N) is 2. The summed E-state index contributed by atoms with van der Waals surface area (Å²) in [7, 11) is -3.91. The van der Waals surface area contributed by atoms with E-state index in [4.69, 9.17) is 9.47 Å². The van der Waals surface area contributed by atoms with Crippen molar-refractivity contribution in [1.82, 2.24) is 25.2 Å². The van der Waals surface area contributed by atoms with Gasteiger partial charge in [-0.15, -0.1) is 6.58 Å². The number of nitrogens with one attached hydrogen (secondary N) is 3. The standard InChI is InChI=1S/C33H43N5O8S/c1-4-6-11-26-30(40)38-20-24(18-27(38)28(39)36-33(19-23(33)5-2)31(41)37-47(3,43)44)46-29-25-17-21(12-13-22(25)14-15-34-29)10-8-7-9-16-45-32(42)35-26/h5,12-15,17,23-24,26-27H,2,4,6-11,16,18-20H2,1,3H3,(H,35,42)(H,36,39)(H,37,41)/t23-,24-,26+,27+,33?/m1/s1. The molecule has 3 N–H and O–H groups in total. The maximum Gasteiger partial charge on any atom is 0.407 e. The molecule has 1 saturated heterocycles. The lowest BCUT2D eigenvalue weighted by Crippen LogP contribution is -2.58. The van der Waals surface area contributed by atoms with E-state index in [-0.39, 0.29) is 26.0 Å². The van der Waals surface area contributed by atoms with Crippen LogP contribution in [0.3, 0.4) is 0 Å². The molecule has 1 aliphatic carbocycles. The lowest BCUT2D eigenvalue weighted by Gasteiger charge is -2.29. The number of hydrogen-bond donors (Lipinski definition) is 3. The maximum absolute atomic E-state index is 14.1. The SMILES string of the molecule is C=C[C@@H]1CC1(NC(=O)[C@@H]1C[C@@H]2CN1C(=O)[C@H](CCCC)NC(=O)OCCCCCc1ccc3ccnc(c3c1)O2)C(=O)NS(C)(=O)=O. The number of amides is 4. The summed E-state index contributed by atoms with van der Waals surface area (Å²) in [6, 6.07) is 5.96. The van der Waals surface area contributed by atoms with Crippen molar-refractivity contribution in [3.63, 3.8) is 0 Å². The number of alkyl carbamates (subject to hydrolysis) is 1. The van der Waals surface area contributed by atoms with E-state index in [0.717, 1.165) is 48.3 Å². The number of fused-ring (bicyclic) bond motifs is 3. The maximum atomic E-state index is 14.1. The average molecular weight is 670 g/mol. The van der Waals surface area contributed by atoms with Crippen LogP contribution < -0.4 is 20.1 Å². The van der Waals surface area contributed by atoms with Crippen LogP contribution in [0, 0.1) is 5.92 Å². The van der Waals surface area contributed by atoms with Crippen LogP contribution in [0.4, 0.5) is 4.79 Å². The minimum absolute atomic E-state index is 0.0153. The first-order chi connectivity index (χ1) is 22.4. The van der Waals surface area contributed by atoms with E-state index in [1.165, 1.54) is 11.0 Å². The second kappa shape index (κ2) is 14.3. The van der Waals surface area contributed by atoms with Crippen LogP contribution in [0.15, 0.2) is 43.1 Å². The number of hydrogen-bond acceptors (Lipinski definition) is 9. The van der Waals surface area contributed by atoms with Gasteiger partial charge in [0.1, 0.15) is 23.7 Å². The third-order valence-electron chi connectivity index (χ3n) is 9.03. The van der Waals surface area contributed by atoms with Crippen molar-refractivity contribution in [3.05, 3.63) is 48.7 Å². The molecule has 2 fully saturated rings. The number of rotatable bonds is 8. The Morgan fingerprint density at radius 1 is 1.21 bits per heavy atom. The predicted molar refractivity (Wildman–Crippen MR) is 174 cm³/mol. The Morgan fingerprint density at radius 2 is 2.02 bits per heavy atom. The van der Waals surface area contributed by atoms with Gasteiger partial charge >= 0.3 is 6.09 Å². The Kier molecular flexibility index (Phi) is 10.4. The molecule has 3 heterocycles. The fourth-order valence-electron chi connectivity index (χ4n) is 6.39. The number of unbranched alkanes of at least 4 members (excludes halogenated alkanes) is 1. The molecule has 1 unspecified atom stereocenters. The highest BCUT2D eigenvalue weighted by Crippen LogP contribution is 2.45. The van der Waals surface area contributed by atoms with E-state index >= 15 is 0 Å². The Bertz CT molecular complexity index is 1650. The molecule has 2 aliphatic heterocycles. The molecule has 4 amide bonds. The Balaban J connectivity index is 1.48. The lowest BCUT2D eigenvalue weighted by atomic mass is 10.0. The van der Waals surface area contributed by atoms with Gasteiger partial charge < -0.3 is 25.0 Å². The number of ether oxygens (including phenoxy) is 2. The van der Waals surface area contributed by atoms with Crippen LogP contribution in [-0.2, 0) is 35.6 Å². The predicted octanol–water partition coefficient (Wildman–Crippen LogP) is 2.73. The molecular weight excluding hydrogens is 626 g/mol. The minimum atomic E-state index is -3.91. The number of benzene rings is 1. The summed E-state index contributed by atoms with van der Waals surface area (Å²) in [6.07, 6.45) is 7.83. The van der Waals surface area contributed by atoms with E-state index in [1.54, 1.807) is 6.20 Å². The summed E-state index contributed by atoms with van der Waals surface area (Å²) in [6.45, 7) is 5.91. The van der Waals surface area contributed by atoms with Gasteiger partial charge in [-0.3, -0.25) is 19.1 Å². The van der Waals surface area contributed by atoms with Gasteiger partial charge in [0.2, 0.25) is 27.7 Å². The molecule has 47 heavy (non-hydrogen) atoms. The first kappa shape index (κ1) is 34.1. The van der Waals surface area contributed by atoms with Crippen LogP contribution in [-0.4, -0.2) is 85.3 Å². The summed E-state index contributed by atoms with van der Waals surface area (Å²) in [4.78, 5) is 59.9. The summed E-state index contributed by atoms with van der Waals surface area (Å²) >= 11 is 0. The first-order valence-electron chi connectivity index (χ1n) is 16.2. The van der Waals surface area contributed by atoms with E-state index in [1.807, 2.05) is 29.8 Å². The third kappa shape index (κ3) is 8.03. The van der Waals surface area contributed by atoms with Crippen LogP contribution in [0.2, 0.25) is 0 Å². The number of cyclic esters (lactones) is 1. The number of aryl methyl sites for hydroxylation is 1. The van der Waals surface area contributed by atoms with Crippen molar-refractivity contribution in [2.75, 3.05) is 19.4 Å². The topological polar surface area (TPSA) is 173 Å². The smallest absolute Gasteiger partial charge is 0.407 e. The molecule has 1 aromatic heterocycles. The second-order valence-electron chi connectivity index (χ2n) is 12.6. The molecule has 13 nitrogen and oxygen atoms in total. The molecule has 14 heteroatoms. The molecule has 2 aromatic rings. The first-order valence-corrected chi connectivity index (χ1v) is 18.1. The largest absolute Gasteiger partial charge is 0.472 e. The molecule has 5 atom stereocenters. The summed E-state index contributed by atoms with van der Waals surface area (Å²) in [5, 5.41) is 7.20. The Hall–Kier alpha value is -4.20. The molecule has 1 aromatic carbocycles. The molecule has 1 saturated carbocycles. The van der Waals surface area contributed by atoms with Gasteiger partial charge in [-0.25, -0.2) is 18.2 Å². The van der Waals surface area contributed by atoms with E-state index in [9.17, 15) is 27.6 Å². The fourth-order valence-corrected chi connectivity index (χ4v) is 6.91. The highest BCUT2D eigenvalue weighted by Gasteiger charge is 2.61. The molecule has 254 valence electrons. The zero-order valence-corrected chi connectivity index (χ0v) is 27.6. The lowest BCUT2D eigenvalue weighted by molar-refractivity contribution is -0.141. The molecule has 5 rings (SSSR count). The number of carbonyl (C=O) groups is 4. The van der Waals surface area contributed by atoms with Gasteiger partial charge in [-0.2, -0.15) is 0 Å². The third-order valence-corrected chi connectivity index (χ3v) is 9.59. The van der Waals surface area contributed by atoms with Crippen molar-refractivity contribution >= 4 is 44.6 Å². The molecule has 4 bridgehead atoms. The summed E-state index contributed by atoms with van der Waals surface area (Å²) < 4.78 is 37.5. The quantitative estimate of drug-likeness (QED) is 0.357. The Labute approximate surface area is 274 Å². The fraction of sp³-hybridized carbons (Fsp3) is 0.545. The Morgan fingerprint density at radius 3 is 2.74 bits per heavy atom. The summed E-state index contributed by atoms with van der Waals surface area (Å²) in [5.74, 6) is -2.13. The van der Waals surface area contributed by atoms with Gasteiger partial charge in [0, 0.05) is 23.9 Å². The number of carbonyl (C=O) groups excluding carboxylic acids is 4. The van der Waals surface area contributed by atoms with Gasteiger partial charge in [0.15, 0.2) is 0 Å². The van der Waals surface area contributed by atoms with Gasteiger partial charge in [-0.1, -0.05) is 38.0 Å². The zero-order valence-electron chi connectivity index (χ0n) is 26.8. The van der Waals surface area contributed by atoms with Crippen LogP contribution in [0.5, 0.6) is 5.88 Å². The number of pyridine rings is 1. The monoisotopic (exact) mass is 669 g/mol. The van der Waals surface area contributed by atoms with E-state index < -0.39 is 63.5 Å². The highest BCUT2D eigenvalue weighted by atomic mass is 32.2.